The van der Waals surface area contributed by atoms with Crippen LogP contribution in [0.3, 0.4) is 0 Å². The van der Waals surface area contributed by atoms with Crippen molar-refractivity contribution < 1.29 is 16.8 Å². The number of benzene rings is 11. The summed E-state index contributed by atoms with van der Waals surface area (Å²) in [7, 11) is 0. The number of para-hydroxylation sites is 3. The molecule has 0 unspecified atom stereocenters. The lowest BCUT2D eigenvalue weighted by atomic mass is 9.33. The number of anilines is 6. The maximum atomic E-state index is 9.58. The molecule has 0 radical (unpaired) electrons. The Morgan fingerprint density at radius 2 is 0.871 bits per heavy atom. The molecule has 14 rings (SSSR count). The fourth-order valence-electron chi connectivity index (χ4n) is 10.9. The molecule has 1 aromatic heterocycles. The molecule has 0 saturated heterocycles. The van der Waals surface area contributed by atoms with Crippen molar-refractivity contribution in [3.63, 3.8) is 0 Å². The first-order valence-corrected chi connectivity index (χ1v) is 23.4. The van der Waals surface area contributed by atoms with Gasteiger partial charge in [0.2, 0.25) is 0 Å². The van der Waals surface area contributed by atoms with E-state index in [0.29, 0.717) is 33.6 Å². The van der Waals surface area contributed by atoms with Crippen molar-refractivity contribution in [2.24, 2.45) is 0 Å². The minimum absolute atomic E-state index is 0.0256. The van der Waals surface area contributed by atoms with Crippen LogP contribution < -0.4 is 26.2 Å². The Bertz CT molecular complexity index is 4410. The second kappa shape index (κ2) is 16.3. The Labute approximate surface area is 420 Å². The van der Waals surface area contributed by atoms with E-state index in [-0.39, 0.29) is 46.7 Å². The number of fused-ring (bicyclic) bond motifs is 8. The molecule has 2 aliphatic heterocycles. The molecule has 326 valence electrons. The van der Waals surface area contributed by atoms with Crippen LogP contribution in [0, 0.1) is 0 Å². The largest absolute Gasteiger partial charge is 0.454 e. The molecular weight excluding hydrogens is 848 g/mol. The van der Waals surface area contributed by atoms with Gasteiger partial charge < -0.3 is 14.2 Å². The Kier molecular flexibility index (Phi) is 7.40. The first kappa shape index (κ1) is 31.8. The van der Waals surface area contributed by atoms with E-state index in [1.54, 1.807) is 0 Å². The van der Waals surface area contributed by atoms with Crippen LogP contribution in [0.2, 0.25) is 0 Å². The smallest absolute Gasteiger partial charge is 0.252 e. The molecule has 0 spiro atoms. The third kappa shape index (κ3) is 6.31. The van der Waals surface area contributed by atoms with E-state index >= 15 is 0 Å². The van der Waals surface area contributed by atoms with E-state index in [9.17, 15) is 4.11 Å². The molecule has 11 aromatic carbocycles. The van der Waals surface area contributed by atoms with E-state index in [1.165, 1.54) is 0 Å². The Morgan fingerprint density at radius 1 is 0.343 bits per heavy atom. The van der Waals surface area contributed by atoms with Gasteiger partial charge in [-0.15, -0.1) is 0 Å². The molecule has 0 aliphatic carbocycles. The van der Waals surface area contributed by atoms with Gasteiger partial charge in [0.15, 0.2) is 5.58 Å². The van der Waals surface area contributed by atoms with Gasteiger partial charge in [-0.05, 0) is 85.6 Å². The molecule has 0 bridgehead atoms. The number of rotatable bonds is 7. The summed E-state index contributed by atoms with van der Waals surface area (Å²) >= 11 is 0. The molecule has 2 aliphatic rings. The molecule has 70 heavy (non-hydrogen) atoms. The molecule has 0 atom stereocenters. The van der Waals surface area contributed by atoms with E-state index < -0.39 is 30.9 Å². The van der Waals surface area contributed by atoms with Crippen LogP contribution in [0.5, 0.6) is 0 Å². The van der Waals surface area contributed by atoms with Gasteiger partial charge in [0, 0.05) is 44.5 Å². The van der Waals surface area contributed by atoms with Gasteiger partial charge in [-0.25, -0.2) is 0 Å². The van der Waals surface area contributed by atoms with Crippen molar-refractivity contribution >= 4 is 79.2 Å². The minimum Gasteiger partial charge on any atom is -0.454 e. The SMILES string of the molecule is [2H]c1c([2H])c([2H])c(-c2cc3c4c(c2)N(c2ccccc2-c2ccccc2)c2c(ccc5c2oc2c([2H])c([2H])c([2H])c([2H])c25)B4c2ccc(-c4ccccc4)cc2N3c2c(-c3ccccc3)cccc2-c2ccccc2)c([2H])c1[2H]. The molecule has 3 nitrogen and oxygen atoms in total. The quantitative estimate of drug-likeness (QED) is 0.149. The summed E-state index contributed by atoms with van der Waals surface area (Å²) < 4.78 is 88.9. The minimum atomic E-state index is -0.545. The van der Waals surface area contributed by atoms with E-state index in [0.717, 1.165) is 78.0 Å². The van der Waals surface area contributed by atoms with Crippen molar-refractivity contribution in [3.05, 3.63) is 261 Å². The second-order valence-electron chi connectivity index (χ2n) is 17.7. The summed E-state index contributed by atoms with van der Waals surface area (Å²) in [6.07, 6.45) is 0. The molecule has 0 fully saturated rings. The van der Waals surface area contributed by atoms with Crippen LogP contribution in [0.25, 0.3) is 77.6 Å². The molecular formula is C66H43BN2O. The van der Waals surface area contributed by atoms with Crippen LogP contribution in [0.1, 0.15) is 12.3 Å². The zero-order valence-corrected chi connectivity index (χ0v) is 37.5. The zero-order valence-electron chi connectivity index (χ0n) is 46.5. The lowest BCUT2D eigenvalue weighted by Gasteiger charge is -2.45. The summed E-state index contributed by atoms with van der Waals surface area (Å²) in [6.45, 7) is -0.545. The summed E-state index contributed by atoms with van der Waals surface area (Å²) in [5, 5.41) is 0.753. The van der Waals surface area contributed by atoms with Gasteiger partial charge in [-0.3, -0.25) is 0 Å². The Balaban J connectivity index is 1.21. The molecule has 3 heterocycles. The highest BCUT2D eigenvalue weighted by molar-refractivity contribution is 7.00. The van der Waals surface area contributed by atoms with Crippen molar-refractivity contribution in [2.45, 2.75) is 0 Å². The normalized spacial score (nSPS) is 14.3. The number of furan rings is 1. The molecule has 0 amide bonds. The van der Waals surface area contributed by atoms with Crippen LogP contribution in [0.15, 0.2) is 265 Å². The third-order valence-corrected chi connectivity index (χ3v) is 13.9. The van der Waals surface area contributed by atoms with Crippen LogP contribution in [0.4, 0.5) is 34.1 Å². The van der Waals surface area contributed by atoms with Gasteiger partial charge in [0.1, 0.15) is 5.58 Å². The summed E-state index contributed by atoms with van der Waals surface area (Å²) in [5.74, 6) is 0. The van der Waals surface area contributed by atoms with E-state index in [1.807, 2.05) is 121 Å². The lowest BCUT2D eigenvalue weighted by Crippen LogP contribution is -2.61. The zero-order chi connectivity index (χ0) is 54.0. The number of nitrogens with zero attached hydrogens (tertiary/aromatic N) is 2. The standard InChI is InChI=1S/C66H43BN2O/c1-6-21-44(22-7-1)49-37-39-56-59(41-49)69(64-52(47-27-12-4-13-28-47)33-20-34-53(64)48-29-14-5-15-30-48)61-43-50(45-23-8-2-9-24-45)42-60-63(61)67(56)57-40-38-55-54-32-17-19-36-62(54)70-66(55)65(57)68(60)58-35-18-16-31-51(58)46-25-10-3-11-26-46/h1-43H/i2D,8D,9D,17D,19D,23D,24D,32D,36D. The summed E-state index contributed by atoms with van der Waals surface area (Å²) in [6, 6.07) is 66.3. The number of hydrogen-bond donors (Lipinski definition) is 0. The predicted octanol–water partition coefficient (Wildman–Crippen LogP) is 16.0. The van der Waals surface area contributed by atoms with Gasteiger partial charge in [0.25, 0.3) is 6.71 Å². The van der Waals surface area contributed by atoms with Gasteiger partial charge >= 0.3 is 0 Å². The second-order valence-corrected chi connectivity index (χ2v) is 17.7. The lowest BCUT2D eigenvalue weighted by molar-refractivity contribution is 0.669. The fraction of sp³-hybridized carbons (Fsp3) is 0. The van der Waals surface area contributed by atoms with E-state index in [4.69, 9.17) is 12.6 Å². The highest BCUT2D eigenvalue weighted by atomic mass is 16.3. The molecule has 0 saturated carbocycles. The Morgan fingerprint density at radius 3 is 1.54 bits per heavy atom. The van der Waals surface area contributed by atoms with Gasteiger partial charge in [-0.1, -0.05) is 230 Å². The molecule has 0 N–H and O–H groups in total. The highest BCUT2D eigenvalue weighted by Crippen LogP contribution is 2.53. The predicted molar refractivity (Wildman–Crippen MR) is 295 cm³/mol. The van der Waals surface area contributed by atoms with E-state index in [2.05, 4.69) is 94.7 Å². The average molecular weight is 900 g/mol. The summed E-state index contributed by atoms with van der Waals surface area (Å²) in [5.41, 5.74) is 15.3. The first-order chi connectivity index (χ1) is 38.5. The maximum absolute atomic E-state index is 9.58. The fourth-order valence-corrected chi connectivity index (χ4v) is 10.9. The first-order valence-electron chi connectivity index (χ1n) is 27.9. The van der Waals surface area contributed by atoms with Crippen LogP contribution in [-0.4, -0.2) is 6.71 Å². The number of hydrogen-bond acceptors (Lipinski definition) is 3. The summed E-state index contributed by atoms with van der Waals surface area (Å²) in [4.78, 5) is 4.45. The van der Waals surface area contributed by atoms with Crippen molar-refractivity contribution in [1.29, 1.82) is 0 Å². The van der Waals surface area contributed by atoms with Crippen LogP contribution in [-0.2, 0) is 0 Å². The van der Waals surface area contributed by atoms with Gasteiger partial charge in [-0.2, -0.15) is 0 Å². The molecule has 12 aromatic rings. The van der Waals surface area contributed by atoms with Crippen LogP contribution >= 0.6 is 0 Å². The Hall–Kier alpha value is -9.12. The average Bonchev–Trinajstić information content (AvgIpc) is 3.00. The maximum Gasteiger partial charge on any atom is 0.252 e. The topological polar surface area (TPSA) is 19.6 Å². The molecule has 4 heteroatoms. The third-order valence-electron chi connectivity index (χ3n) is 13.9. The van der Waals surface area contributed by atoms with Gasteiger partial charge in [0.05, 0.1) is 29.4 Å². The van der Waals surface area contributed by atoms with Crippen molar-refractivity contribution in [1.82, 2.24) is 0 Å². The van der Waals surface area contributed by atoms with Crippen molar-refractivity contribution in [3.8, 4) is 55.6 Å². The highest BCUT2D eigenvalue weighted by Gasteiger charge is 2.46. The monoisotopic (exact) mass is 899 g/mol. The van der Waals surface area contributed by atoms with Crippen molar-refractivity contribution in [2.75, 3.05) is 9.80 Å².